The Morgan fingerprint density at radius 2 is 0.598 bits per heavy atom. The van der Waals surface area contributed by atoms with Crippen molar-refractivity contribution in [2.24, 2.45) is 71.0 Å². The lowest BCUT2D eigenvalue weighted by Crippen LogP contribution is -2.28. The molecule has 736 valence electrons. The molecule has 132 heavy (non-hydrogen) atoms. The van der Waals surface area contributed by atoms with Crippen LogP contribution in [0.4, 0.5) is 0 Å². The highest BCUT2D eigenvalue weighted by molar-refractivity contribution is 5.73. The first kappa shape index (κ1) is 107. The molecule has 0 amide bonds. The van der Waals surface area contributed by atoms with Crippen LogP contribution in [0.3, 0.4) is 0 Å². The molecule has 8 aliphatic rings. The predicted octanol–water partition coefficient (Wildman–Crippen LogP) is 9.45. The third-order valence-corrected chi connectivity index (χ3v) is 27.7. The van der Waals surface area contributed by atoms with Crippen LogP contribution in [0.5, 0.6) is 23.0 Å². The molecule has 0 aromatic heterocycles. The number of carboxylic acids is 4. The van der Waals surface area contributed by atoms with Crippen molar-refractivity contribution in [1.82, 2.24) is 0 Å². The molecular weight excluding hydrogens is 1710 g/mol. The third kappa shape index (κ3) is 33.4. The number of carboxylic acid groups (broad SMARTS) is 4. The van der Waals surface area contributed by atoms with Gasteiger partial charge in [0, 0.05) is 0 Å². The summed E-state index contributed by atoms with van der Waals surface area (Å²) in [4.78, 5) is 90.0. The molecular formula is C100H144O32. The van der Waals surface area contributed by atoms with Crippen molar-refractivity contribution in [2.45, 2.75) is 270 Å². The molecule has 0 heterocycles. The van der Waals surface area contributed by atoms with Crippen LogP contribution < -0.4 is 18.9 Å². The normalized spacial score (nSPS) is 25.1. The Bertz CT molecular complexity index is 4270. The number of fused-ring (bicyclic) bond motifs is 8. The van der Waals surface area contributed by atoms with Gasteiger partial charge < -0.3 is 118 Å². The maximum Gasteiger partial charge on any atom is 0.344 e. The van der Waals surface area contributed by atoms with Crippen LogP contribution in [-0.2, 0) is 128 Å². The minimum atomic E-state index is -1.08. The van der Waals surface area contributed by atoms with E-state index in [0.717, 1.165) is 176 Å². The van der Waals surface area contributed by atoms with Crippen LogP contribution in [0.1, 0.15) is 202 Å². The number of benzene rings is 4. The summed E-state index contributed by atoms with van der Waals surface area (Å²) in [7, 11) is 0. The minimum Gasteiger partial charge on any atom is -0.482 e. The molecule has 0 spiro atoms. The highest BCUT2D eigenvalue weighted by Gasteiger charge is 2.49. The second-order valence-corrected chi connectivity index (χ2v) is 36.9. The Morgan fingerprint density at radius 3 is 0.886 bits per heavy atom. The van der Waals surface area contributed by atoms with Crippen molar-refractivity contribution in [3.63, 3.8) is 0 Å². The number of aliphatic carboxylic acids is 4. The van der Waals surface area contributed by atoms with Gasteiger partial charge in [-0.25, -0.2) is 28.8 Å². The average molecular weight is 1860 g/mol. The van der Waals surface area contributed by atoms with Gasteiger partial charge in [-0.3, -0.25) is 9.59 Å². The van der Waals surface area contributed by atoms with Crippen LogP contribution >= 0.6 is 0 Å². The van der Waals surface area contributed by atoms with E-state index in [4.69, 9.17) is 77.3 Å². The number of ether oxygens (including phenoxy) is 12. The number of hydrogen-bond acceptors (Lipinski definition) is 28. The summed E-state index contributed by atoms with van der Waals surface area (Å²) in [5.41, 5.74) is 9.15. The van der Waals surface area contributed by atoms with Gasteiger partial charge in [-0.05, 0) is 308 Å². The van der Waals surface area contributed by atoms with Gasteiger partial charge in [0.05, 0.1) is 101 Å². The van der Waals surface area contributed by atoms with E-state index >= 15 is 0 Å². The molecule has 0 saturated heterocycles. The molecule has 0 bridgehead atoms. The Balaban J connectivity index is 0.000000198. The molecule has 32 heteroatoms. The van der Waals surface area contributed by atoms with Crippen LogP contribution in [0.15, 0.2) is 72.8 Å². The predicted molar refractivity (Wildman–Crippen MR) is 480 cm³/mol. The Morgan fingerprint density at radius 1 is 0.326 bits per heavy atom. The fourth-order valence-electron chi connectivity index (χ4n) is 20.9. The van der Waals surface area contributed by atoms with Gasteiger partial charge in [0.1, 0.15) is 61.6 Å². The van der Waals surface area contributed by atoms with E-state index in [9.17, 15) is 79.2 Å². The molecule has 12 N–H and O–H groups in total. The van der Waals surface area contributed by atoms with Crippen molar-refractivity contribution in [2.75, 3.05) is 92.5 Å². The maximum atomic E-state index is 12.2. The second kappa shape index (κ2) is 54.8. The summed E-state index contributed by atoms with van der Waals surface area (Å²) < 4.78 is 63.8. The lowest BCUT2D eigenvalue weighted by molar-refractivity contribution is -0.155. The van der Waals surface area contributed by atoms with E-state index in [1.54, 1.807) is 13.8 Å². The number of aliphatic hydroxyl groups excluding tert-OH is 8. The summed E-state index contributed by atoms with van der Waals surface area (Å²) in [6, 6.07) is 23.5. The van der Waals surface area contributed by atoms with Crippen LogP contribution in [0.25, 0.3) is 0 Å². The van der Waals surface area contributed by atoms with Crippen molar-refractivity contribution in [3.8, 4) is 23.0 Å². The van der Waals surface area contributed by atoms with Crippen molar-refractivity contribution < 1.29 is 156 Å². The fourth-order valence-corrected chi connectivity index (χ4v) is 20.9. The zero-order valence-corrected chi connectivity index (χ0v) is 77.4. The molecule has 32 nitrogen and oxygen atoms in total. The zero-order chi connectivity index (χ0) is 95.5. The van der Waals surface area contributed by atoms with Gasteiger partial charge in [-0.2, -0.15) is 0 Å². The smallest absolute Gasteiger partial charge is 0.344 e. The molecule has 4 aromatic carbocycles. The van der Waals surface area contributed by atoms with E-state index in [1.165, 1.54) is 22.3 Å². The molecule has 4 fully saturated rings. The molecule has 0 radical (unpaired) electrons. The first-order valence-electron chi connectivity index (χ1n) is 47.6. The Kier molecular flexibility index (Phi) is 44.4. The van der Waals surface area contributed by atoms with E-state index in [1.807, 2.05) is 76.2 Å². The number of carbonyl (C=O) groups excluding carboxylic acids is 4. The van der Waals surface area contributed by atoms with Gasteiger partial charge in [-0.1, -0.05) is 76.2 Å². The molecule has 22 atom stereocenters. The van der Waals surface area contributed by atoms with Crippen molar-refractivity contribution in [3.05, 3.63) is 117 Å². The largest absolute Gasteiger partial charge is 0.482 e. The minimum absolute atomic E-state index is 0.000616. The monoisotopic (exact) mass is 1860 g/mol. The van der Waals surface area contributed by atoms with Gasteiger partial charge in [0.15, 0.2) is 26.4 Å². The van der Waals surface area contributed by atoms with E-state index in [0.29, 0.717) is 70.3 Å². The van der Waals surface area contributed by atoms with E-state index in [2.05, 4.69) is 24.3 Å². The summed E-state index contributed by atoms with van der Waals surface area (Å²) in [5.74, 6) is 0.445. The molecule has 4 aromatic rings. The van der Waals surface area contributed by atoms with Crippen LogP contribution in [0, 0.1) is 71.0 Å². The topological polar surface area (TPSA) is 490 Å². The zero-order valence-electron chi connectivity index (χ0n) is 77.4. The summed E-state index contributed by atoms with van der Waals surface area (Å²) in [5, 5.41) is 117. The third-order valence-electron chi connectivity index (χ3n) is 27.7. The number of hydrogen-bond donors (Lipinski definition) is 12. The molecule has 12 rings (SSSR count). The van der Waals surface area contributed by atoms with Crippen LogP contribution in [-0.4, -0.2) is 263 Å². The first-order valence-corrected chi connectivity index (χ1v) is 47.6. The average Bonchev–Trinajstić information content (AvgIpc) is 1.63. The van der Waals surface area contributed by atoms with Gasteiger partial charge in [0.2, 0.25) is 0 Å². The lowest BCUT2D eigenvalue weighted by atomic mass is 9.73. The molecule has 0 aliphatic heterocycles. The van der Waals surface area contributed by atoms with Gasteiger partial charge in [-0.15, -0.1) is 0 Å². The van der Waals surface area contributed by atoms with Crippen LogP contribution in [0.2, 0.25) is 0 Å². The number of esters is 4. The lowest BCUT2D eigenvalue weighted by Gasteiger charge is -2.32. The molecule has 2 unspecified atom stereocenters. The van der Waals surface area contributed by atoms with Gasteiger partial charge >= 0.3 is 47.8 Å². The molecule has 8 aliphatic carbocycles. The second-order valence-electron chi connectivity index (χ2n) is 36.9. The molecule has 4 saturated carbocycles. The highest BCUT2D eigenvalue weighted by atomic mass is 16.6. The summed E-state index contributed by atoms with van der Waals surface area (Å²) in [6.45, 7) is 9.89. The summed E-state index contributed by atoms with van der Waals surface area (Å²) in [6.07, 6.45) is 15.1. The highest BCUT2D eigenvalue weighted by Crippen LogP contribution is 2.53. The number of rotatable bonds is 50. The van der Waals surface area contributed by atoms with Crippen molar-refractivity contribution in [1.29, 1.82) is 0 Å². The Hall–Kier alpha value is -8.64. The maximum absolute atomic E-state index is 12.2. The quantitative estimate of drug-likeness (QED) is 0.0111. The number of carbonyl (C=O) groups is 8. The first-order chi connectivity index (χ1) is 63.3. The summed E-state index contributed by atoms with van der Waals surface area (Å²) >= 11 is 0. The van der Waals surface area contributed by atoms with E-state index in [-0.39, 0.29) is 165 Å². The standard InChI is InChI=1S/C26H38O8.2C25H36O8.C24H34O8/c1-3-19(27)7-8-20-21-11-17-5-4-6-24(22(17)12-18(21)13-23(20)28)33-15-26(31)34-16(2)14-32-10-9-25(29)30;1-3-18(26)7-8-19-20-9-16-5-4-6-23(21(16)10-17(20)11-22(19)27)32-14-25(30)33-15(2)12-31-13-24(28)29;1-2-18(26)6-7-19-20-12-16-4-3-5-23(21(16)13-17(20)14-22(19)27)33-15-25(30)32-11-10-31-9-8-24(28)29;1-2-17(25)6-7-18-19-10-15-4-3-5-22(20(15)11-16(19)12-21(18)26)32-14-24(29)31-9-8-30-13-23(27)28/h4-6,16,18-21,23,27-28H,3,7-15H2,1-2H3,(H,29,30);4-6,15,17-20,22,26-27H,3,7-14H2,1-2H3,(H,28,29);3-5,17-20,22,26-27H,2,6-15H2,1H3,(H,28,29);3-5,16-19,21,25-26H,2,6-14H2,1H3,(H,27,28)/t16?,18-,19-,20+,21-,23+;15?,17-,18-,19+,20-,22+;17-,18-,19+,20-,22+;16-,17-,18+,19-,21+/m0000/s1. The SMILES string of the molecule is CC[C@H](O)CC[C@@H]1[C@H]2Cc3cccc(OCC(=O)OC(C)COCC(=O)O)c3C[C@H]2C[C@H]1O.CC[C@H](O)CC[C@@H]1[C@H]2Cc3cccc(OCC(=O)OC(C)COCCC(=O)O)c3C[C@H]2C[C@H]1O.CC[C@H](O)CC[C@@H]1[C@H]2Cc3cccc(OCC(=O)OCCOCC(=O)O)c3C[C@H]2C[C@H]1O.CC[C@H](O)CC[C@@H]1[C@H]2Cc3cccc(OCC(=O)OCCOCCC(=O)O)c3C[C@H]2C[C@H]1O. The van der Waals surface area contributed by atoms with E-state index < -0.39 is 73.2 Å². The number of aliphatic hydroxyl groups is 8. The fraction of sp³-hybridized carbons (Fsp3) is 0.680. The Labute approximate surface area is 773 Å². The van der Waals surface area contributed by atoms with Gasteiger partial charge in [0.25, 0.3) is 0 Å². The van der Waals surface area contributed by atoms with Crippen molar-refractivity contribution >= 4 is 47.8 Å².